The van der Waals surface area contributed by atoms with Crippen molar-refractivity contribution in [1.29, 1.82) is 0 Å². The summed E-state index contributed by atoms with van der Waals surface area (Å²) in [4.78, 5) is 4.04. The number of methoxy groups -OCH3 is 1. The second kappa shape index (κ2) is 5.19. The van der Waals surface area contributed by atoms with E-state index in [1.165, 1.54) is 11.1 Å². The van der Waals surface area contributed by atoms with E-state index in [1.54, 1.807) is 19.5 Å². The number of rotatable bonds is 3. The molecule has 2 aromatic rings. The second-order valence-electron chi connectivity index (χ2n) is 4.44. The highest BCUT2D eigenvalue weighted by atomic mass is 16.5. The summed E-state index contributed by atoms with van der Waals surface area (Å²) in [6.45, 7) is 4.19. The van der Waals surface area contributed by atoms with Crippen molar-refractivity contribution in [3.05, 3.63) is 58.9 Å². The Bertz CT molecular complexity index is 552. The number of benzene rings is 1. The number of aryl methyl sites for hydroxylation is 2. The summed E-state index contributed by atoms with van der Waals surface area (Å²) in [5.41, 5.74) is 10.9. The van der Waals surface area contributed by atoms with Crippen LogP contribution in [0.1, 0.15) is 28.3 Å². The highest BCUT2D eigenvalue weighted by Gasteiger charge is 2.14. The Morgan fingerprint density at radius 2 is 1.94 bits per heavy atom. The van der Waals surface area contributed by atoms with E-state index in [9.17, 15) is 0 Å². The summed E-state index contributed by atoms with van der Waals surface area (Å²) in [6.07, 6.45) is 3.43. The quantitative estimate of drug-likeness (QED) is 0.900. The molecule has 0 amide bonds. The van der Waals surface area contributed by atoms with Crippen LogP contribution < -0.4 is 10.5 Å². The van der Waals surface area contributed by atoms with Crippen molar-refractivity contribution < 1.29 is 4.74 Å². The minimum Gasteiger partial charge on any atom is -0.495 e. The fourth-order valence-electron chi connectivity index (χ4n) is 1.96. The fraction of sp³-hybridized carbons (Fsp3) is 0.267. The van der Waals surface area contributed by atoms with Gasteiger partial charge in [0, 0.05) is 11.8 Å². The van der Waals surface area contributed by atoms with E-state index >= 15 is 0 Å². The highest BCUT2D eigenvalue weighted by molar-refractivity contribution is 5.41. The minimum absolute atomic E-state index is 0.192. The van der Waals surface area contributed by atoms with E-state index in [0.717, 1.165) is 16.9 Å². The zero-order valence-corrected chi connectivity index (χ0v) is 11.0. The Hall–Kier alpha value is -1.87. The summed E-state index contributed by atoms with van der Waals surface area (Å²) in [7, 11) is 1.63. The van der Waals surface area contributed by atoms with Crippen LogP contribution in [-0.2, 0) is 0 Å². The van der Waals surface area contributed by atoms with Gasteiger partial charge in [-0.3, -0.25) is 4.98 Å². The molecule has 0 aliphatic rings. The maximum Gasteiger partial charge on any atom is 0.142 e. The molecular formula is C15H18N2O. The standard InChI is InChI=1S/C15H18N2O/c1-10-4-5-12(8-11(10)2)15(16)13-6-7-17-9-14(13)18-3/h4-9,15H,16H2,1-3H3. The van der Waals surface area contributed by atoms with E-state index in [-0.39, 0.29) is 6.04 Å². The summed E-state index contributed by atoms with van der Waals surface area (Å²) < 4.78 is 5.30. The molecule has 3 heteroatoms. The van der Waals surface area contributed by atoms with Gasteiger partial charge in [-0.15, -0.1) is 0 Å². The molecule has 1 aromatic carbocycles. The number of nitrogens with zero attached hydrogens (tertiary/aromatic N) is 1. The summed E-state index contributed by atoms with van der Waals surface area (Å²) in [6, 6.07) is 7.99. The number of pyridine rings is 1. The Morgan fingerprint density at radius 3 is 2.61 bits per heavy atom. The van der Waals surface area contributed by atoms with Gasteiger partial charge < -0.3 is 10.5 Å². The lowest BCUT2D eigenvalue weighted by Crippen LogP contribution is -2.13. The van der Waals surface area contributed by atoms with Crippen molar-refractivity contribution >= 4 is 0 Å². The number of hydrogen-bond donors (Lipinski definition) is 1. The first-order chi connectivity index (χ1) is 8.63. The van der Waals surface area contributed by atoms with Gasteiger partial charge in [0.1, 0.15) is 5.75 Å². The van der Waals surface area contributed by atoms with E-state index in [1.807, 2.05) is 6.07 Å². The van der Waals surface area contributed by atoms with Crippen LogP contribution >= 0.6 is 0 Å². The number of ether oxygens (including phenoxy) is 1. The van der Waals surface area contributed by atoms with Gasteiger partial charge in [0.2, 0.25) is 0 Å². The normalized spacial score (nSPS) is 12.2. The van der Waals surface area contributed by atoms with Crippen molar-refractivity contribution in [1.82, 2.24) is 4.98 Å². The summed E-state index contributed by atoms with van der Waals surface area (Å²) >= 11 is 0. The van der Waals surface area contributed by atoms with Crippen LogP contribution in [0.15, 0.2) is 36.7 Å². The molecule has 2 rings (SSSR count). The molecule has 0 aliphatic heterocycles. The molecule has 0 radical (unpaired) electrons. The molecule has 1 heterocycles. The smallest absolute Gasteiger partial charge is 0.142 e. The Kier molecular flexibility index (Phi) is 3.63. The van der Waals surface area contributed by atoms with Crippen LogP contribution in [0.25, 0.3) is 0 Å². The average Bonchev–Trinajstić information content (AvgIpc) is 2.41. The predicted octanol–water partition coefficient (Wildman–Crippen LogP) is 2.76. The van der Waals surface area contributed by atoms with Crippen LogP contribution in [0.2, 0.25) is 0 Å². The van der Waals surface area contributed by atoms with Gasteiger partial charge in [-0.05, 0) is 36.6 Å². The fourth-order valence-corrected chi connectivity index (χ4v) is 1.96. The van der Waals surface area contributed by atoms with E-state index in [2.05, 4.69) is 37.0 Å². The molecule has 0 saturated carbocycles. The Balaban J connectivity index is 2.41. The lowest BCUT2D eigenvalue weighted by molar-refractivity contribution is 0.406. The highest BCUT2D eigenvalue weighted by Crippen LogP contribution is 2.28. The molecule has 3 nitrogen and oxygen atoms in total. The van der Waals surface area contributed by atoms with Crippen molar-refractivity contribution in [3.63, 3.8) is 0 Å². The first-order valence-corrected chi connectivity index (χ1v) is 5.94. The Labute approximate surface area is 108 Å². The van der Waals surface area contributed by atoms with Crippen LogP contribution in [0, 0.1) is 13.8 Å². The van der Waals surface area contributed by atoms with Crippen LogP contribution in [-0.4, -0.2) is 12.1 Å². The SMILES string of the molecule is COc1cnccc1C(N)c1ccc(C)c(C)c1. The second-order valence-corrected chi connectivity index (χ2v) is 4.44. The zero-order valence-electron chi connectivity index (χ0n) is 11.0. The number of hydrogen-bond acceptors (Lipinski definition) is 3. The molecule has 1 unspecified atom stereocenters. The van der Waals surface area contributed by atoms with Gasteiger partial charge in [0.15, 0.2) is 0 Å². The first-order valence-electron chi connectivity index (χ1n) is 5.94. The monoisotopic (exact) mass is 242 g/mol. The molecule has 0 aliphatic carbocycles. The summed E-state index contributed by atoms with van der Waals surface area (Å²) in [5.74, 6) is 0.725. The number of nitrogens with two attached hydrogens (primary N) is 1. The van der Waals surface area contributed by atoms with E-state index < -0.39 is 0 Å². The third kappa shape index (κ3) is 2.36. The molecular weight excluding hydrogens is 224 g/mol. The van der Waals surface area contributed by atoms with Crippen LogP contribution in [0.3, 0.4) is 0 Å². The molecule has 0 fully saturated rings. The van der Waals surface area contributed by atoms with Gasteiger partial charge in [-0.2, -0.15) is 0 Å². The lowest BCUT2D eigenvalue weighted by Gasteiger charge is -2.16. The third-order valence-electron chi connectivity index (χ3n) is 3.26. The molecule has 94 valence electrons. The van der Waals surface area contributed by atoms with Crippen molar-refractivity contribution in [2.75, 3.05) is 7.11 Å². The topological polar surface area (TPSA) is 48.1 Å². The minimum atomic E-state index is -0.192. The van der Waals surface area contributed by atoms with Gasteiger partial charge in [-0.25, -0.2) is 0 Å². The third-order valence-corrected chi connectivity index (χ3v) is 3.26. The number of aromatic nitrogens is 1. The predicted molar refractivity (Wildman–Crippen MR) is 72.7 cm³/mol. The molecule has 1 aromatic heterocycles. The van der Waals surface area contributed by atoms with Gasteiger partial charge in [0.25, 0.3) is 0 Å². The van der Waals surface area contributed by atoms with Gasteiger partial charge in [-0.1, -0.05) is 18.2 Å². The maximum atomic E-state index is 6.30. The molecule has 1 atom stereocenters. The summed E-state index contributed by atoms with van der Waals surface area (Å²) in [5, 5.41) is 0. The largest absolute Gasteiger partial charge is 0.495 e. The first kappa shape index (κ1) is 12.6. The van der Waals surface area contributed by atoms with Gasteiger partial charge >= 0.3 is 0 Å². The van der Waals surface area contributed by atoms with E-state index in [0.29, 0.717) is 0 Å². The molecule has 2 N–H and O–H groups in total. The maximum absolute atomic E-state index is 6.30. The van der Waals surface area contributed by atoms with Crippen molar-refractivity contribution in [2.24, 2.45) is 5.73 Å². The van der Waals surface area contributed by atoms with Gasteiger partial charge in [0.05, 0.1) is 19.3 Å². The molecule has 0 saturated heterocycles. The average molecular weight is 242 g/mol. The Morgan fingerprint density at radius 1 is 1.17 bits per heavy atom. The molecule has 0 bridgehead atoms. The van der Waals surface area contributed by atoms with E-state index in [4.69, 9.17) is 10.5 Å². The van der Waals surface area contributed by atoms with Crippen LogP contribution in [0.4, 0.5) is 0 Å². The van der Waals surface area contributed by atoms with Crippen LogP contribution in [0.5, 0.6) is 5.75 Å². The molecule has 0 spiro atoms. The zero-order chi connectivity index (χ0) is 13.1. The van der Waals surface area contributed by atoms with Crippen molar-refractivity contribution in [2.45, 2.75) is 19.9 Å². The molecule has 18 heavy (non-hydrogen) atoms. The lowest BCUT2D eigenvalue weighted by atomic mass is 9.96. The van der Waals surface area contributed by atoms with Crippen molar-refractivity contribution in [3.8, 4) is 5.75 Å².